The highest BCUT2D eigenvalue weighted by Gasteiger charge is 2.28. The first kappa shape index (κ1) is 16.4. The van der Waals surface area contributed by atoms with Crippen LogP contribution in [-0.2, 0) is 9.84 Å². The first-order chi connectivity index (χ1) is 10.9. The van der Waals surface area contributed by atoms with Gasteiger partial charge in [-0.25, -0.2) is 8.42 Å². The lowest BCUT2D eigenvalue weighted by atomic mass is 10.2. The minimum Gasteiger partial charge on any atom is -0.304 e. The lowest BCUT2D eigenvalue weighted by Crippen LogP contribution is -2.30. The molecular weight excluding hydrogens is 350 g/mol. The Morgan fingerprint density at radius 1 is 1.09 bits per heavy atom. The van der Waals surface area contributed by atoms with Crippen LogP contribution < -0.4 is 4.31 Å². The van der Waals surface area contributed by atoms with Crippen LogP contribution in [0.25, 0.3) is 0 Å². The predicted molar refractivity (Wildman–Crippen MR) is 97.7 cm³/mol. The van der Waals surface area contributed by atoms with Gasteiger partial charge in [0.2, 0.25) is 0 Å². The molecule has 1 aliphatic rings. The van der Waals surface area contributed by atoms with Gasteiger partial charge in [0.25, 0.3) is 0 Å². The van der Waals surface area contributed by atoms with Gasteiger partial charge in [-0.05, 0) is 61.3 Å². The van der Waals surface area contributed by atoms with E-state index in [4.69, 9.17) is 11.6 Å². The Bertz CT molecular complexity index is 815. The summed E-state index contributed by atoms with van der Waals surface area (Å²) in [4.78, 5) is 1.01. The van der Waals surface area contributed by atoms with Crippen molar-refractivity contribution in [2.24, 2.45) is 0 Å². The maximum absolute atomic E-state index is 11.8. The van der Waals surface area contributed by atoms with E-state index in [-0.39, 0.29) is 11.8 Å². The molecule has 1 atom stereocenters. The number of halogens is 1. The van der Waals surface area contributed by atoms with E-state index < -0.39 is 9.84 Å². The number of hydrogen-bond donors (Lipinski definition) is 0. The molecular formula is C17H16ClNO2S2. The molecule has 0 saturated heterocycles. The van der Waals surface area contributed by atoms with Gasteiger partial charge in [0.05, 0.1) is 11.8 Å². The summed E-state index contributed by atoms with van der Waals surface area (Å²) >= 11 is 7.45. The summed E-state index contributed by atoms with van der Waals surface area (Å²) in [5.41, 5.74) is 2.14. The lowest BCUT2D eigenvalue weighted by Gasteiger charge is -2.28. The zero-order valence-electron chi connectivity index (χ0n) is 12.5. The van der Waals surface area contributed by atoms with Gasteiger partial charge >= 0.3 is 0 Å². The molecule has 1 heterocycles. The molecule has 0 aliphatic carbocycles. The van der Waals surface area contributed by atoms with Crippen molar-refractivity contribution in [3.05, 3.63) is 70.6 Å². The maximum atomic E-state index is 11.8. The second-order valence-electron chi connectivity index (χ2n) is 5.43. The van der Waals surface area contributed by atoms with Crippen molar-refractivity contribution in [2.75, 3.05) is 10.1 Å². The molecule has 0 spiro atoms. The van der Waals surface area contributed by atoms with Gasteiger partial charge in [-0.15, -0.1) is 0 Å². The van der Waals surface area contributed by atoms with E-state index in [1.807, 2.05) is 59.8 Å². The summed E-state index contributed by atoms with van der Waals surface area (Å²) in [6.07, 6.45) is 1.75. The van der Waals surface area contributed by atoms with E-state index in [2.05, 4.69) is 0 Å². The third kappa shape index (κ3) is 4.10. The molecule has 0 aromatic heterocycles. The number of anilines is 1. The summed E-state index contributed by atoms with van der Waals surface area (Å²) in [5.74, 6) is 0.0987. The molecule has 3 nitrogen and oxygen atoms in total. The highest BCUT2D eigenvalue weighted by atomic mass is 35.5. The lowest BCUT2D eigenvalue weighted by molar-refractivity contribution is 0.604. The fraction of sp³-hybridized carbons (Fsp3) is 0.176. The molecule has 1 aliphatic heterocycles. The Balaban J connectivity index is 1.91. The average molecular weight is 366 g/mol. The fourth-order valence-electron chi connectivity index (χ4n) is 2.32. The first-order valence-electron chi connectivity index (χ1n) is 7.13. The van der Waals surface area contributed by atoms with Gasteiger partial charge < -0.3 is 4.31 Å². The third-order valence-electron chi connectivity index (χ3n) is 3.52. The largest absolute Gasteiger partial charge is 0.304 e. The number of rotatable bonds is 4. The van der Waals surface area contributed by atoms with Crippen molar-refractivity contribution < 1.29 is 8.42 Å². The number of aryl methyl sites for hydroxylation is 1. The van der Waals surface area contributed by atoms with Crippen LogP contribution in [0.15, 0.2) is 64.9 Å². The van der Waals surface area contributed by atoms with E-state index in [0.29, 0.717) is 5.02 Å². The van der Waals surface area contributed by atoms with Crippen molar-refractivity contribution in [1.82, 2.24) is 0 Å². The van der Waals surface area contributed by atoms with Crippen LogP contribution in [0.2, 0.25) is 5.02 Å². The van der Waals surface area contributed by atoms with E-state index in [0.717, 1.165) is 10.6 Å². The van der Waals surface area contributed by atoms with Crippen LogP contribution in [0, 0.1) is 6.92 Å². The molecule has 6 heteroatoms. The van der Waals surface area contributed by atoms with Gasteiger partial charge in [-0.3, -0.25) is 0 Å². The van der Waals surface area contributed by atoms with Crippen LogP contribution in [0.5, 0.6) is 0 Å². The zero-order chi connectivity index (χ0) is 16.4. The minimum absolute atomic E-state index is 0.0987. The second-order valence-corrected chi connectivity index (χ2v) is 8.85. The molecule has 23 heavy (non-hydrogen) atoms. The van der Waals surface area contributed by atoms with Gasteiger partial charge in [-0.1, -0.05) is 29.3 Å². The van der Waals surface area contributed by atoms with E-state index in [1.165, 1.54) is 22.9 Å². The summed E-state index contributed by atoms with van der Waals surface area (Å²) in [6, 6.07) is 15.4. The number of hydrogen-bond acceptors (Lipinski definition) is 4. The SMILES string of the molecule is Cc1ccc(N(Sc2ccc(Cl)cc2)C2C=CS(=O)(=O)C2)cc1. The maximum Gasteiger partial charge on any atom is 0.173 e. The van der Waals surface area contributed by atoms with E-state index in [9.17, 15) is 8.42 Å². The summed E-state index contributed by atoms with van der Waals surface area (Å²) < 4.78 is 25.6. The quantitative estimate of drug-likeness (QED) is 0.749. The summed E-state index contributed by atoms with van der Waals surface area (Å²) in [7, 11) is -3.11. The van der Waals surface area contributed by atoms with Gasteiger partial charge in [0.1, 0.15) is 0 Å². The highest BCUT2D eigenvalue weighted by Crippen LogP contribution is 2.34. The van der Waals surface area contributed by atoms with E-state index >= 15 is 0 Å². The standard InChI is InChI=1S/C17H16ClNO2S2/c1-13-2-6-15(7-3-13)19(16-10-11-23(20,21)12-16)22-17-8-4-14(18)5-9-17/h2-11,16H,12H2,1H3. The van der Waals surface area contributed by atoms with Crippen LogP contribution >= 0.6 is 23.5 Å². The molecule has 3 rings (SSSR count). The Hall–Kier alpha value is -1.43. The van der Waals surface area contributed by atoms with E-state index in [1.54, 1.807) is 6.08 Å². The molecule has 2 aromatic rings. The topological polar surface area (TPSA) is 37.4 Å². The fourth-order valence-corrected chi connectivity index (χ4v) is 4.80. The Morgan fingerprint density at radius 2 is 1.74 bits per heavy atom. The molecule has 0 amide bonds. The second kappa shape index (κ2) is 6.59. The van der Waals surface area contributed by atoms with Gasteiger partial charge in [0, 0.05) is 21.0 Å². The van der Waals surface area contributed by atoms with Crippen molar-refractivity contribution in [2.45, 2.75) is 17.9 Å². The van der Waals surface area contributed by atoms with Crippen LogP contribution in [0.4, 0.5) is 5.69 Å². The molecule has 2 aromatic carbocycles. The normalized spacial score (nSPS) is 19.0. The molecule has 0 bridgehead atoms. The third-order valence-corrected chi connectivity index (χ3v) is 6.31. The van der Waals surface area contributed by atoms with Crippen molar-refractivity contribution in [3.8, 4) is 0 Å². The predicted octanol–water partition coefficient (Wildman–Crippen LogP) is 4.47. The van der Waals surface area contributed by atoms with Crippen LogP contribution in [0.3, 0.4) is 0 Å². The summed E-state index contributed by atoms with van der Waals surface area (Å²) in [5, 5.41) is 1.99. The summed E-state index contributed by atoms with van der Waals surface area (Å²) in [6.45, 7) is 2.03. The van der Waals surface area contributed by atoms with Crippen molar-refractivity contribution in [1.29, 1.82) is 0 Å². The van der Waals surface area contributed by atoms with Crippen molar-refractivity contribution in [3.63, 3.8) is 0 Å². The number of nitrogens with zero attached hydrogens (tertiary/aromatic N) is 1. The Morgan fingerprint density at radius 3 is 2.30 bits per heavy atom. The average Bonchev–Trinajstić information content (AvgIpc) is 2.88. The van der Waals surface area contributed by atoms with Crippen LogP contribution in [0.1, 0.15) is 5.56 Å². The smallest absolute Gasteiger partial charge is 0.173 e. The number of benzene rings is 2. The van der Waals surface area contributed by atoms with Gasteiger partial charge in [0.15, 0.2) is 9.84 Å². The minimum atomic E-state index is -3.11. The molecule has 0 N–H and O–H groups in total. The zero-order valence-corrected chi connectivity index (χ0v) is 14.9. The van der Waals surface area contributed by atoms with Gasteiger partial charge in [-0.2, -0.15) is 0 Å². The Kier molecular flexibility index (Phi) is 4.71. The molecule has 120 valence electrons. The van der Waals surface area contributed by atoms with Crippen molar-refractivity contribution >= 4 is 39.1 Å². The molecule has 0 saturated carbocycles. The monoisotopic (exact) mass is 365 g/mol. The highest BCUT2D eigenvalue weighted by molar-refractivity contribution is 8.01. The van der Waals surface area contributed by atoms with Crippen LogP contribution in [-0.4, -0.2) is 20.2 Å². The number of sulfone groups is 1. The molecule has 0 radical (unpaired) electrons. The first-order valence-corrected chi connectivity index (χ1v) is 10.00. The molecule has 1 unspecified atom stereocenters. The Labute approximate surface area is 146 Å². The molecule has 0 fully saturated rings.